The second-order valence-corrected chi connectivity index (χ2v) is 7.01. The van der Waals surface area contributed by atoms with E-state index in [1.54, 1.807) is 18.2 Å². The Morgan fingerprint density at radius 1 is 1.17 bits per heavy atom. The molecule has 118 valence electrons. The molecule has 23 heavy (non-hydrogen) atoms. The van der Waals surface area contributed by atoms with Crippen LogP contribution in [0.4, 0.5) is 5.69 Å². The van der Waals surface area contributed by atoms with Crippen LogP contribution in [0.25, 0.3) is 0 Å². The Balaban J connectivity index is 1.85. The number of hydrogen-bond acceptors (Lipinski definition) is 2. The highest BCUT2D eigenvalue weighted by molar-refractivity contribution is 9.10. The minimum atomic E-state index is -0.318. The van der Waals surface area contributed by atoms with E-state index in [1.807, 2.05) is 31.2 Å². The summed E-state index contributed by atoms with van der Waals surface area (Å²) in [5.74, 6) is -0.632. The van der Waals surface area contributed by atoms with Crippen molar-refractivity contribution < 1.29 is 9.59 Å². The van der Waals surface area contributed by atoms with Crippen LogP contribution >= 0.6 is 27.5 Å². The zero-order chi connectivity index (χ0) is 16.6. The molecular weight excluding hydrogens is 378 g/mol. The van der Waals surface area contributed by atoms with E-state index in [0.717, 1.165) is 15.6 Å². The monoisotopic (exact) mass is 391 g/mol. The van der Waals surface area contributed by atoms with Crippen LogP contribution in [0.5, 0.6) is 0 Å². The number of anilines is 1. The van der Waals surface area contributed by atoms with E-state index in [2.05, 4.69) is 15.9 Å². The first kappa shape index (κ1) is 16.2. The van der Waals surface area contributed by atoms with Crippen LogP contribution in [0.15, 0.2) is 46.9 Å². The predicted octanol–water partition coefficient (Wildman–Crippen LogP) is 4.53. The molecule has 2 aromatic carbocycles. The van der Waals surface area contributed by atoms with Crippen LogP contribution in [-0.2, 0) is 16.0 Å². The molecule has 0 unspecified atom stereocenters. The van der Waals surface area contributed by atoms with E-state index in [0.29, 0.717) is 17.1 Å². The van der Waals surface area contributed by atoms with E-state index in [1.165, 1.54) is 4.90 Å². The van der Waals surface area contributed by atoms with Crippen LogP contribution in [-0.4, -0.2) is 11.8 Å². The molecule has 1 fully saturated rings. The Kier molecular flexibility index (Phi) is 4.55. The van der Waals surface area contributed by atoms with Gasteiger partial charge in [0.25, 0.3) is 0 Å². The molecule has 3 rings (SSSR count). The quantitative estimate of drug-likeness (QED) is 0.720. The van der Waals surface area contributed by atoms with Crippen LogP contribution in [0.3, 0.4) is 0 Å². The van der Waals surface area contributed by atoms with E-state index >= 15 is 0 Å². The van der Waals surface area contributed by atoms with Crippen molar-refractivity contribution in [2.24, 2.45) is 5.92 Å². The summed E-state index contributed by atoms with van der Waals surface area (Å²) in [5, 5.41) is 0.555. The number of hydrogen-bond donors (Lipinski definition) is 0. The Hall–Kier alpha value is -1.65. The van der Waals surface area contributed by atoms with Crippen LogP contribution in [0.1, 0.15) is 17.5 Å². The Labute approximate surface area is 148 Å². The first-order valence-electron chi connectivity index (χ1n) is 7.33. The Morgan fingerprint density at radius 2 is 1.87 bits per heavy atom. The van der Waals surface area contributed by atoms with Gasteiger partial charge in [-0.25, -0.2) is 4.90 Å². The van der Waals surface area contributed by atoms with Crippen LogP contribution in [0, 0.1) is 12.8 Å². The van der Waals surface area contributed by atoms with Crippen LogP contribution < -0.4 is 4.90 Å². The molecular formula is C18H15BrClNO2. The van der Waals surface area contributed by atoms with Gasteiger partial charge in [0.15, 0.2) is 0 Å². The molecule has 1 aliphatic heterocycles. The fourth-order valence-corrected chi connectivity index (χ4v) is 3.28. The normalized spacial score (nSPS) is 17.9. The maximum absolute atomic E-state index is 12.7. The number of rotatable bonds is 3. The second kappa shape index (κ2) is 6.46. The maximum atomic E-state index is 12.7. The molecule has 5 heteroatoms. The lowest BCUT2D eigenvalue weighted by molar-refractivity contribution is -0.122. The van der Waals surface area contributed by atoms with Crippen molar-refractivity contribution in [1.29, 1.82) is 0 Å². The van der Waals surface area contributed by atoms with Gasteiger partial charge >= 0.3 is 0 Å². The molecule has 2 amide bonds. The zero-order valence-corrected chi connectivity index (χ0v) is 14.9. The van der Waals surface area contributed by atoms with Gasteiger partial charge in [-0.1, -0.05) is 45.7 Å². The highest BCUT2D eigenvalue weighted by Gasteiger charge is 2.40. The topological polar surface area (TPSA) is 37.4 Å². The lowest BCUT2D eigenvalue weighted by Crippen LogP contribution is -2.31. The molecule has 0 aliphatic carbocycles. The summed E-state index contributed by atoms with van der Waals surface area (Å²) in [7, 11) is 0. The SMILES string of the molecule is Cc1c(Cl)cccc1N1C(=O)C[C@@H](Cc2ccc(Br)cc2)C1=O. The van der Waals surface area contributed by atoms with Crippen molar-refractivity contribution in [3.63, 3.8) is 0 Å². The summed E-state index contributed by atoms with van der Waals surface area (Å²) in [4.78, 5) is 26.3. The summed E-state index contributed by atoms with van der Waals surface area (Å²) in [6, 6.07) is 13.1. The van der Waals surface area contributed by atoms with Gasteiger partial charge in [-0.3, -0.25) is 9.59 Å². The minimum Gasteiger partial charge on any atom is -0.274 e. The highest BCUT2D eigenvalue weighted by atomic mass is 79.9. The van der Waals surface area contributed by atoms with Crippen LogP contribution in [0.2, 0.25) is 5.02 Å². The Bertz CT molecular complexity index is 773. The largest absolute Gasteiger partial charge is 0.274 e. The van der Waals surface area contributed by atoms with E-state index in [4.69, 9.17) is 11.6 Å². The second-order valence-electron chi connectivity index (χ2n) is 5.68. The fourth-order valence-electron chi connectivity index (χ4n) is 2.85. The minimum absolute atomic E-state index is 0.150. The van der Waals surface area contributed by atoms with E-state index < -0.39 is 0 Å². The van der Waals surface area contributed by atoms with Gasteiger partial charge in [-0.2, -0.15) is 0 Å². The average Bonchev–Trinajstić information content (AvgIpc) is 2.79. The van der Waals surface area contributed by atoms with Crippen molar-refractivity contribution in [2.45, 2.75) is 19.8 Å². The van der Waals surface area contributed by atoms with Gasteiger partial charge in [0, 0.05) is 15.9 Å². The van der Waals surface area contributed by atoms with Gasteiger partial charge < -0.3 is 0 Å². The molecule has 1 saturated heterocycles. The number of benzene rings is 2. The number of amides is 2. The molecule has 0 aromatic heterocycles. The molecule has 1 aliphatic rings. The molecule has 1 atom stereocenters. The lowest BCUT2D eigenvalue weighted by atomic mass is 9.98. The molecule has 0 N–H and O–H groups in total. The van der Waals surface area contributed by atoms with Gasteiger partial charge in [-0.15, -0.1) is 0 Å². The molecule has 3 nitrogen and oxygen atoms in total. The average molecular weight is 393 g/mol. The molecule has 0 radical (unpaired) electrons. The summed E-state index contributed by atoms with van der Waals surface area (Å²) < 4.78 is 0.992. The van der Waals surface area contributed by atoms with Gasteiger partial charge in [0.05, 0.1) is 11.6 Å². The van der Waals surface area contributed by atoms with Crippen molar-refractivity contribution in [2.75, 3.05) is 4.90 Å². The lowest BCUT2D eigenvalue weighted by Gasteiger charge is -2.18. The van der Waals surface area contributed by atoms with Gasteiger partial charge in [0.1, 0.15) is 0 Å². The fraction of sp³-hybridized carbons (Fsp3) is 0.222. The third-order valence-electron chi connectivity index (χ3n) is 4.12. The predicted molar refractivity (Wildman–Crippen MR) is 94.6 cm³/mol. The highest BCUT2D eigenvalue weighted by Crippen LogP contribution is 2.33. The molecule has 2 aromatic rings. The summed E-state index contributed by atoms with van der Waals surface area (Å²) in [6.45, 7) is 1.82. The maximum Gasteiger partial charge on any atom is 0.237 e. The third kappa shape index (κ3) is 3.19. The number of halogens is 2. The third-order valence-corrected chi connectivity index (χ3v) is 5.05. The van der Waals surface area contributed by atoms with Gasteiger partial charge in [0.2, 0.25) is 11.8 Å². The van der Waals surface area contributed by atoms with Crippen molar-refractivity contribution in [3.8, 4) is 0 Å². The van der Waals surface area contributed by atoms with Crippen molar-refractivity contribution in [3.05, 3.63) is 63.1 Å². The number of imide groups is 1. The molecule has 0 bridgehead atoms. The van der Waals surface area contributed by atoms with E-state index in [9.17, 15) is 9.59 Å². The van der Waals surface area contributed by atoms with Crippen molar-refractivity contribution in [1.82, 2.24) is 0 Å². The molecule has 0 spiro atoms. The summed E-state index contributed by atoms with van der Waals surface area (Å²) in [5.41, 5.74) is 2.38. The van der Waals surface area contributed by atoms with E-state index in [-0.39, 0.29) is 24.2 Å². The zero-order valence-electron chi connectivity index (χ0n) is 12.6. The van der Waals surface area contributed by atoms with Gasteiger partial charge in [-0.05, 0) is 48.7 Å². The molecule has 0 saturated carbocycles. The summed E-state index contributed by atoms with van der Waals surface area (Å²) >= 11 is 9.51. The van der Waals surface area contributed by atoms with Crippen molar-refractivity contribution >= 4 is 45.0 Å². The Morgan fingerprint density at radius 3 is 2.57 bits per heavy atom. The summed E-state index contributed by atoms with van der Waals surface area (Å²) in [6.07, 6.45) is 0.800. The first-order chi connectivity index (χ1) is 11.0. The number of carbonyl (C=O) groups is 2. The molecule has 1 heterocycles. The number of carbonyl (C=O) groups excluding carboxylic acids is 2. The smallest absolute Gasteiger partial charge is 0.237 e. The standard InChI is InChI=1S/C18H15BrClNO2/c1-11-15(20)3-2-4-16(11)21-17(22)10-13(18(21)23)9-12-5-7-14(19)8-6-12/h2-8,13H,9-10H2,1H3/t13-/m1/s1. The number of nitrogens with zero attached hydrogens (tertiary/aromatic N) is 1. The first-order valence-corrected chi connectivity index (χ1v) is 8.51.